The summed E-state index contributed by atoms with van der Waals surface area (Å²) in [6.45, 7) is 7.94. The molecule has 184 valence electrons. The molecule has 7 unspecified atom stereocenters. The van der Waals surface area contributed by atoms with Gasteiger partial charge in [-0.1, -0.05) is 45.2 Å². The Morgan fingerprint density at radius 2 is 1.82 bits per heavy atom. The highest BCUT2D eigenvalue weighted by molar-refractivity contribution is 6.31. The van der Waals surface area contributed by atoms with Crippen LogP contribution >= 0.6 is 11.6 Å². The van der Waals surface area contributed by atoms with Crippen LogP contribution in [0, 0.1) is 46.3 Å². The van der Waals surface area contributed by atoms with E-state index < -0.39 is 0 Å². The third kappa shape index (κ3) is 3.73. The van der Waals surface area contributed by atoms with E-state index in [4.69, 9.17) is 16.6 Å². The zero-order valence-corrected chi connectivity index (χ0v) is 22.3. The van der Waals surface area contributed by atoms with E-state index in [2.05, 4.69) is 25.8 Å². The lowest BCUT2D eigenvalue weighted by Crippen LogP contribution is -2.53. The molecule has 0 radical (unpaired) electrons. The first-order chi connectivity index (χ1) is 16.4. The number of hydrogen-bond donors (Lipinski definition) is 0. The number of aryl methyl sites for hydroxylation is 1. The second-order valence-electron chi connectivity index (χ2n) is 13.1. The summed E-state index contributed by atoms with van der Waals surface area (Å²) in [6.07, 6.45) is 19.1. The molecule has 6 rings (SSSR count). The summed E-state index contributed by atoms with van der Waals surface area (Å²) in [5, 5.41) is 1.83. The average molecular weight is 479 g/mol. The van der Waals surface area contributed by atoms with E-state index in [1.807, 2.05) is 24.4 Å². The SMILES string of the molecule is C[C@H](CCc1ncc2ccc(Cl)cc2n1)C1CCC2C3CCC4CCCCC4(C)C3CCC21C. The summed E-state index contributed by atoms with van der Waals surface area (Å²) < 4.78 is 0. The molecule has 4 aliphatic rings. The Morgan fingerprint density at radius 3 is 2.71 bits per heavy atom. The van der Waals surface area contributed by atoms with Crippen LogP contribution in [0.3, 0.4) is 0 Å². The summed E-state index contributed by atoms with van der Waals surface area (Å²) in [7, 11) is 0. The van der Waals surface area contributed by atoms with E-state index in [1.165, 1.54) is 70.6 Å². The van der Waals surface area contributed by atoms with Crippen molar-refractivity contribution >= 4 is 22.5 Å². The van der Waals surface area contributed by atoms with Crippen LogP contribution in [0.4, 0.5) is 0 Å². The van der Waals surface area contributed by atoms with Crippen LogP contribution in [-0.4, -0.2) is 9.97 Å². The fourth-order valence-corrected chi connectivity index (χ4v) is 10.1. The van der Waals surface area contributed by atoms with Crippen LogP contribution in [0.25, 0.3) is 10.9 Å². The lowest BCUT2D eigenvalue weighted by molar-refractivity contribution is -0.114. The molecule has 8 atom stereocenters. The largest absolute Gasteiger partial charge is 0.241 e. The molecule has 0 spiro atoms. The molecule has 1 aromatic heterocycles. The molecule has 0 N–H and O–H groups in total. The molecule has 0 bridgehead atoms. The molecule has 34 heavy (non-hydrogen) atoms. The standard InChI is InChI=1S/C31H43ClN2/c1-20(7-14-29-33-19-21-8-10-23(32)18-28(21)34-29)25-12-13-26-24-11-9-22-6-4-5-16-30(22,2)27(24)15-17-31(25,26)3/h8,10,18-20,22,24-27H,4-7,9,11-17H2,1-3H3/t20-,22?,24?,25?,26?,27?,30?,31?/m1/s1. The van der Waals surface area contributed by atoms with E-state index in [-0.39, 0.29) is 0 Å². The highest BCUT2D eigenvalue weighted by Gasteiger charge is 2.60. The van der Waals surface area contributed by atoms with E-state index in [0.29, 0.717) is 10.8 Å². The van der Waals surface area contributed by atoms with Gasteiger partial charge in [0.05, 0.1) is 5.52 Å². The quantitative estimate of drug-likeness (QED) is 0.438. The number of nitrogens with zero attached hydrogens (tertiary/aromatic N) is 2. The Labute approximate surface area is 211 Å². The molecule has 2 nitrogen and oxygen atoms in total. The van der Waals surface area contributed by atoms with E-state index in [1.54, 1.807) is 0 Å². The van der Waals surface area contributed by atoms with Crippen molar-refractivity contribution in [3.05, 3.63) is 35.2 Å². The number of aromatic nitrogens is 2. The van der Waals surface area contributed by atoms with Gasteiger partial charge in [-0.25, -0.2) is 9.97 Å². The van der Waals surface area contributed by atoms with Crippen molar-refractivity contribution in [1.29, 1.82) is 0 Å². The Morgan fingerprint density at radius 1 is 0.971 bits per heavy atom. The molecule has 0 aliphatic heterocycles. The molecular formula is C31H43ClN2. The van der Waals surface area contributed by atoms with E-state index in [9.17, 15) is 0 Å². The fourth-order valence-electron chi connectivity index (χ4n) is 9.98. The maximum Gasteiger partial charge on any atom is 0.128 e. The third-order valence-corrected chi connectivity index (χ3v) is 12.0. The van der Waals surface area contributed by atoms with Gasteiger partial charge in [0.2, 0.25) is 0 Å². The van der Waals surface area contributed by atoms with E-state index in [0.717, 1.165) is 63.7 Å². The molecule has 2 aromatic rings. The zero-order valence-electron chi connectivity index (χ0n) is 21.5. The first-order valence-corrected chi connectivity index (χ1v) is 14.7. The predicted octanol–water partition coefficient (Wildman–Crippen LogP) is 8.90. The summed E-state index contributed by atoms with van der Waals surface area (Å²) in [4.78, 5) is 9.52. The van der Waals surface area contributed by atoms with Gasteiger partial charge in [0.15, 0.2) is 0 Å². The van der Waals surface area contributed by atoms with Crippen molar-refractivity contribution in [1.82, 2.24) is 9.97 Å². The van der Waals surface area contributed by atoms with Gasteiger partial charge in [-0.3, -0.25) is 0 Å². The summed E-state index contributed by atoms with van der Waals surface area (Å²) in [5.74, 6) is 6.60. The number of halogens is 1. The molecule has 3 heteroatoms. The normalized spacial score (nSPS) is 40.4. The Kier molecular flexibility index (Phi) is 5.99. The van der Waals surface area contributed by atoms with Crippen LogP contribution in [-0.2, 0) is 6.42 Å². The molecule has 4 aliphatic carbocycles. The maximum atomic E-state index is 6.20. The van der Waals surface area contributed by atoms with Crippen molar-refractivity contribution < 1.29 is 0 Å². The van der Waals surface area contributed by atoms with Crippen LogP contribution in [0.2, 0.25) is 5.02 Å². The lowest BCUT2D eigenvalue weighted by Gasteiger charge is -2.61. The monoisotopic (exact) mass is 478 g/mol. The van der Waals surface area contributed by atoms with Gasteiger partial charge in [-0.05, 0) is 122 Å². The second kappa shape index (κ2) is 8.75. The molecular weight excluding hydrogens is 436 g/mol. The van der Waals surface area contributed by atoms with Gasteiger partial charge in [0, 0.05) is 23.0 Å². The van der Waals surface area contributed by atoms with Crippen LogP contribution in [0.5, 0.6) is 0 Å². The first-order valence-electron chi connectivity index (χ1n) is 14.3. The number of benzene rings is 1. The Bertz CT molecular complexity index is 1050. The topological polar surface area (TPSA) is 25.8 Å². The predicted molar refractivity (Wildman–Crippen MR) is 142 cm³/mol. The molecule has 0 amide bonds. The van der Waals surface area contributed by atoms with Crippen molar-refractivity contribution in [3.8, 4) is 0 Å². The van der Waals surface area contributed by atoms with Crippen molar-refractivity contribution in [3.63, 3.8) is 0 Å². The summed E-state index contributed by atoms with van der Waals surface area (Å²) in [6, 6.07) is 5.90. The van der Waals surface area contributed by atoms with Crippen molar-refractivity contribution in [2.75, 3.05) is 0 Å². The average Bonchev–Trinajstić information content (AvgIpc) is 3.19. The second-order valence-corrected chi connectivity index (χ2v) is 13.6. The minimum atomic E-state index is 0.552. The Hall–Kier alpha value is -1.15. The third-order valence-electron chi connectivity index (χ3n) is 11.8. The smallest absolute Gasteiger partial charge is 0.128 e. The minimum absolute atomic E-state index is 0.552. The van der Waals surface area contributed by atoms with Crippen LogP contribution in [0.1, 0.15) is 97.2 Å². The van der Waals surface area contributed by atoms with Gasteiger partial charge >= 0.3 is 0 Å². The fraction of sp³-hybridized carbons (Fsp3) is 0.742. The summed E-state index contributed by atoms with van der Waals surface area (Å²) >= 11 is 6.20. The summed E-state index contributed by atoms with van der Waals surface area (Å²) in [5.41, 5.74) is 2.18. The number of rotatable bonds is 4. The van der Waals surface area contributed by atoms with Crippen LogP contribution in [0.15, 0.2) is 24.4 Å². The zero-order chi connectivity index (χ0) is 23.5. The molecule has 0 saturated heterocycles. The molecule has 1 heterocycles. The van der Waals surface area contributed by atoms with Gasteiger partial charge in [-0.15, -0.1) is 0 Å². The van der Waals surface area contributed by atoms with Gasteiger partial charge < -0.3 is 0 Å². The van der Waals surface area contributed by atoms with Crippen LogP contribution < -0.4 is 0 Å². The van der Waals surface area contributed by atoms with Crippen molar-refractivity contribution in [2.45, 2.75) is 97.8 Å². The molecule has 1 aromatic carbocycles. The highest BCUT2D eigenvalue weighted by Crippen LogP contribution is 2.68. The maximum absolute atomic E-state index is 6.20. The molecule has 4 saturated carbocycles. The van der Waals surface area contributed by atoms with Crippen molar-refractivity contribution in [2.24, 2.45) is 46.3 Å². The number of fused-ring (bicyclic) bond motifs is 6. The number of hydrogen-bond acceptors (Lipinski definition) is 2. The van der Waals surface area contributed by atoms with E-state index >= 15 is 0 Å². The molecule has 4 fully saturated rings. The van der Waals surface area contributed by atoms with Gasteiger partial charge in [-0.2, -0.15) is 0 Å². The highest BCUT2D eigenvalue weighted by atomic mass is 35.5. The first kappa shape index (κ1) is 23.3. The van der Waals surface area contributed by atoms with Gasteiger partial charge in [0.25, 0.3) is 0 Å². The minimum Gasteiger partial charge on any atom is -0.241 e. The Balaban J connectivity index is 1.15. The van der Waals surface area contributed by atoms with Gasteiger partial charge in [0.1, 0.15) is 5.82 Å². The lowest BCUT2D eigenvalue weighted by atomic mass is 9.44.